The molecule has 8 heteroatoms. The zero-order valence-electron chi connectivity index (χ0n) is 17.3. The summed E-state index contributed by atoms with van der Waals surface area (Å²) in [5.74, 6) is -3.12. The number of carbonyl (C=O) groups excluding carboxylic acids is 2. The average molecular weight is 491 g/mol. The summed E-state index contributed by atoms with van der Waals surface area (Å²) in [6.07, 6.45) is 0. The number of halogens is 2. The van der Waals surface area contributed by atoms with Gasteiger partial charge in [0.15, 0.2) is 0 Å². The first-order valence-corrected chi connectivity index (χ1v) is 10.8. The molecule has 0 saturated carbocycles. The summed E-state index contributed by atoms with van der Waals surface area (Å²) >= 11 is 3.27. The van der Waals surface area contributed by atoms with E-state index in [9.17, 15) is 24.2 Å². The third-order valence-electron chi connectivity index (χ3n) is 5.51. The van der Waals surface area contributed by atoms with Gasteiger partial charge < -0.3 is 20.0 Å². The molecule has 31 heavy (non-hydrogen) atoms. The fourth-order valence-corrected chi connectivity index (χ4v) is 4.12. The second kappa shape index (κ2) is 9.62. The highest BCUT2D eigenvalue weighted by atomic mass is 79.9. The maximum absolute atomic E-state index is 14.8. The summed E-state index contributed by atoms with van der Waals surface area (Å²) in [6, 6.07) is 9.13. The van der Waals surface area contributed by atoms with E-state index in [1.807, 2.05) is 13.8 Å². The fourth-order valence-electron chi connectivity index (χ4n) is 3.76. The molecule has 1 unspecified atom stereocenters. The molecule has 1 fully saturated rings. The molecule has 2 aromatic carbocycles. The molecule has 164 valence electrons. The van der Waals surface area contributed by atoms with Crippen molar-refractivity contribution >= 4 is 33.4 Å². The molecule has 1 amide bonds. The number of Topliss-reactive ketones (excluding diaryl/α,β-unsaturated/α-hetero) is 1. The molecule has 1 atom stereocenters. The third-order valence-corrected chi connectivity index (χ3v) is 6.00. The fraction of sp³-hybridized carbons (Fsp3) is 0.304. The van der Waals surface area contributed by atoms with Crippen molar-refractivity contribution in [1.82, 2.24) is 9.80 Å². The van der Waals surface area contributed by atoms with E-state index in [1.54, 1.807) is 12.1 Å². The molecule has 0 radical (unpaired) electrons. The Kier molecular flexibility index (Phi) is 7.12. The summed E-state index contributed by atoms with van der Waals surface area (Å²) in [7, 11) is 0. The number of carbonyl (C=O) groups is 2. The number of ketones is 1. The van der Waals surface area contributed by atoms with Gasteiger partial charge in [0.1, 0.15) is 17.3 Å². The number of benzene rings is 2. The van der Waals surface area contributed by atoms with Crippen LogP contribution in [0.2, 0.25) is 0 Å². The summed E-state index contributed by atoms with van der Waals surface area (Å²) < 4.78 is 15.3. The van der Waals surface area contributed by atoms with E-state index in [0.29, 0.717) is 11.0 Å². The zero-order valence-corrected chi connectivity index (χ0v) is 18.9. The van der Waals surface area contributed by atoms with E-state index in [0.717, 1.165) is 13.1 Å². The van der Waals surface area contributed by atoms with Crippen LogP contribution in [0.3, 0.4) is 0 Å². The first kappa shape index (κ1) is 23.0. The second-order valence-corrected chi connectivity index (χ2v) is 8.12. The normalized spacial score (nSPS) is 18.2. The van der Waals surface area contributed by atoms with Gasteiger partial charge >= 0.3 is 0 Å². The van der Waals surface area contributed by atoms with Crippen molar-refractivity contribution < 1.29 is 24.2 Å². The van der Waals surface area contributed by atoms with Gasteiger partial charge in [-0.05, 0) is 37.4 Å². The molecule has 2 aromatic rings. The molecule has 0 spiro atoms. The van der Waals surface area contributed by atoms with Crippen molar-refractivity contribution in [2.24, 2.45) is 0 Å². The summed E-state index contributed by atoms with van der Waals surface area (Å²) in [5.41, 5.74) is -0.155. The number of nitrogens with zero attached hydrogens (tertiary/aromatic N) is 2. The molecule has 1 aliphatic heterocycles. The van der Waals surface area contributed by atoms with Gasteiger partial charge in [0.05, 0.1) is 17.2 Å². The Morgan fingerprint density at radius 1 is 1.16 bits per heavy atom. The molecule has 0 aromatic heterocycles. The largest absolute Gasteiger partial charge is 0.507 e. The Balaban J connectivity index is 2.17. The van der Waals surface area contributed by atoms with E-state index in [2.05, 4.69) is 20.8 Å². The van der Waals surface area contributed by atoms with Gasteiger partial charge in [0.2, 0.25) is 0 Å². The van der Waals surface area contributed by atoms with Gasteiger partial charge in [-0.2, -0.15) is 0 Å². The number of hydrogen-bond donors (Lipinski definition) is 2. The highest BCUT2D eigenvalue weighted by Gasteiger charge is 2.47. The molecule has 0 bridgehead atoms. The summed E-state index contributed by atoms with van der Waals surface area (Å²) in [5, 5.41) is 21.2. The molecule has 1 heterocycles. The van der Waals surface area contributed by atoms with Crippen LogP contribution in [0.1, 0.15) is 31.0 Å². The number of amides is 1. The number of phenols is 1. The van der Waals surface area contributed by atoms with Gasteiger partial charge in [0, 0.05) is 23.1 Å². The minimum atomic E-state index is -1.10. The minimum absolute atomic E-state index is 0.0162. The lowest BCUT2D eigenvalue weighted by molar-refractivity contribution is -0.140. The van der Waals surface area contributed by atoms with E-state index < -0.39 is 29.3 Å². The lowest BCUT2D eigenvalue weighted by Gasteiger charge is -2.28. The molecular formula is C23H24BrFN2O4. The molecule has 1 saturated heterocycles. The predicted octanol–water partition coefficient (Wildman–Crippen LogP) is 4.06. The van der Waals surface area contributed by atoms with E-state index >= 15 is 0 Å². The average Bonchev–Trinajstić information content (AvgIpc) is 3.00. The number of rotatable bonds is 7. The van der Waals surface area contributed by atoms with Crippen LogP contribution < -0.4 is 0 Å². The van der Waals surface area contributed by atoms with Gasteiger partial charge in [-0.25, -0.2) is 4.39 Å². The highest BCUT2D eigenvalue weighted by Crippen LogP contribution is 2.41. The number of phenolic OH excluding ortho intramolecular Hbond substituents is 1. The lowest BCUT2D eigenvalue weighted by Crippen LogP contribution is -2.38. The standard InChI is InChI=1S/C23H24BrFN2O4/c1-3-26(4-2)11-12-27-20(15-7-5-6-8-17(15)25)19(22(30)23(27)31)21(29)16-13-14(24)9-10-18(16)28/h5-10,13,20,28-29H,3-4,11-12H2,1-2H3. The first-order valence-electron chi connectivity index (χ1n) is 10.0. The minimum Gasteiger partial charge on any atom is -0.507 e. The number of likely N-dealkylation sites (N-methyl/N-ethyl adjacent to an activating group) is 1. The molecule has 2 N–H and O–H groups in total. The first-order chi connectivity index (χ1) is 14.8. The van der Waals surface area contributed by atoms with Crippen molar-refractivity contribution in [3.05, 3.63) is 69.5 Å². The van der Waals surface area contributed by atoms with E-state index in [4.69, 9.17) is 0 Å². The van der Waals surface area contributed by atoms with Crippen LogP contribution in [0.5, 0.6) is 5.75 Å². The van der Waals surface area contributed by atoms with Gasteiger partial charge in [-0.1, -0.05) is 48.0 Å². The molecule has 1 aliphatic rings. The Bertz CT molecular complexity index is 1040. The van der Waals surface area contributed by atoms with Crippen LogP contribution >= 0.6 is 15.9 Å². The van der Waals surface area contributed by atoms with Gasteiger partial charge in [-0.15, -0.1) is 0 Å². The van der Waals surface area contributed by atoms with Crippen LogP contribution in [0.4, 0.5) is 4.39 Å². The van der Waals surface area contributed by atoms with Crippen molar-refractivity contribution in [3.8, 4) is 5.75 Å². The molecule has 6 nitrogen and oxygen atoms in total. The SMILES string of the molecule is CCN(CC)CCN1C(=O)C(=O)C(=C(O)c2cc(Br)ccc2O)C1c1ccccc1F. The van der Waals surface area contributed by atoms with Gasteiger partial charge in [0.25, 0.3) is 11.7 Å². The number of aliphatic hydroxyl groups is 1. The van der Waals surface area contributed by atoms with Crippen molar-refractivity contribution in [2.75, 3.05) is 26.2 Å². The second-order valence-electron chi connectivity index (χ2n) is 7.20. The number of likely N-dealkylation sites (tertiary alicyclic amines) is 1. The van der Waals surface area contributed by atoms with E-state index in [-0.39, 0.29) is 29.0 Å². The third kappa shape index (κ3) is 4.50. The molecule has 0 aliphatic carbocycles. The number of hydrogen-bond acceptors (Lipinski definition) is 5. The van der Waals surface area contributed by atoms with Crippen molar-refractivity contribution in [2.45, 2.75) is 19.9 Å². The van der Waals surface area contributed by atoms with Crippen LogP contribution in [0.25, 0.3) is 5.76 Å². The Labute approximate surface area is 188 Å². The van der Waals surface area contributed by atoms with E-state index in [1.165, 1.54) is 35.2 Å². The smallest absolute Gasteiger partial charge is 0.295 e. The highest BCUT2D eigenvalue weighted by molar-refractivity contribution is 9.10. The maximum atomic E-state index is 14.8. The molecular weight excluding hydrogens is 467 g/mol. The number of aromatic hydroxyl groups is 1. The lowest BCUT2D eigenvalue weighted by atomic mass is 9.94. The van der Waals surface area contributed by atoms with Crippen molar-refractivity contribution in [3.63, 3.8) is 0 Å². The van der Waals surface area contributed by atoms with Crippen LogP contribution in [0, 0.1) is 5.82 Å². The maximum Gasteiger partial charge on any atom is 0.295 e. The monoisotopic (exact) mass is 490 g/mol. The zero-order chi connectivity index (χ0) is 22.7. The Morgan fingerprint density at radius 2 is 1.84 bits per heavy atom. The molecule has 3 rings (SSSR count). The number of aliphatic hydroxyl groups excluding tert-OH is 1. The summed E-state index contributed by atoms with van der Waals surface area (Å²) in [4.78, 5) is 29.2. The Morgan fingerprint density at radius 3 is 2.48 bits per heavy atom. The van der Waals surface area contributed by atoms with Crippen LogP contribution in [-0.4, -0.2) is 57.9 Å². The summed E-state index contributed by atoms with van der Waals surface area (Å²) in [6.45, 7) is 6.18. The Hall–Kier alpha value is -2.71. The van der Waals surface area contributed by atoms with Crippen molar-refractivity contribution in [1.29, 1.82) is 0 Å². The van der Waals surface area contributed by atoms with Crippen LogP contribution in [0.15, 0.2) is 52.5 Å². The predicted molar refractivity (Wildman–Crippen MR) is 119 cm³/mol. The van der Waals surface area contributed by atoms with Gasteiger partial charge in [-0.3, -0.25) is 9.59 Å². The quantitative estimate of drug-likeness (QED) is 0.347. The topological polar surface area (TPSA) is 81.1 Å². The van der Waals surface area contributed by atoms with Crippen LogP contribution in [-0.2, 0) is 9.59 Å².